The SMILES string of the molecule is COc1cc(C=Cc2nc(-c3ccc(C)cc3)cs2)cc(I)c1O. The predicted octanol–water partition coefficient (Wildman–Crippen LogP) is 5.61. The van der Waals surface area contributed by atoms with Gasteiger partial charge in [-0.25, -0.2) is 4.98 Å². The molecule has 2 aromatic carbocycles. The van der Waals surface area contributed by atoms with Gasteiger partial charge in [-0.15, -0.1) is 11.3 Å². The maximum atomic E-state index is 9.89. The van der Waals surface area contributed by atoms with Crippen molar-refractivity contribution < 1.29 is 9.84 Å². The molecule has 0 aliphatic carbocycles. The van der Waals surface area contributed by atoms with Gasteiger partial charge in [-0.2, -0.15) is 0 Å². The van der Waals surface area contributed by atoms with Gasteiger partial charge >= 0.3 is 0 Å². The number of hydrogen-bond acceptors (Lipinski definition) is 4. The highest BCUT2D eigenvalue weighted by atomic mass is 127. The van der Waals surface area contributed by atoms with Gasteiger partial charge in [0.2, 0.25) is 0 Å². The van der Waals surface area contributed by atoms with Gasteiger partial charge in [0.25, 0.3) is 0 Å². The van der Waals surface area contributed by atoms with E-state index in [0.29, 0.717) is 5.75 Å². The fourth-order valence-electron chi connectivity index (χ4n) is 2.23. The molecule has 0 aliphatic heterocycles. The number of hydrogen-bond donors (Lipinski definition) is 1. The number of ether oxygens (including phenoxy) is 1. The zero-order chi connectivity index (χ0) is 17.1. The molecule has 0 amide bonds. The van der Waals surface area contributed by atoms with E-state index in [4.69, 9.17) is 4.74 Å². The largest absolute Gasteiger partial charge is 0.504 e. The third kappa shape index (κ3) is 3.79. The van der Waals surface area contributed by atoms with Crippen LogP contribution in [-0.4, -0.2) is 17.2 Å². The molecule has 3 rings (SSSR count). The quantitative estimate of drug-likeness (QED) is 0.527. The van der Waals surface area contributed by atoms with Crippen molar-refractivity contribution in [3.8, 4) is 22.8 Å². The summed E-state index contributed by atoms with van der Waals surface area (Å²) < 4.78 is 5.94. The van der Waals surface area contributed by atoms with E-state index < -0.39 is 0 Å². The molecule has 0 atom stereocenters. The van der Waals surface area contributed by atoms with Crippen molar-refractivity contribution in [3.63, 3.8) is 0 Å². The van der Waals surface area contributed by atoms with Crippen LogP contribution in [0.2, 0.25) is 0 Å². The standard InChI is InChI=1S/C19H16INO2S/c1-12-3-6-14(7-4-12)16-11-24-18(21-16)8-5-13-9-15(20)19(22)17(10-13)23-2/h3-11,22H,1-2H3. The van der Waals surface area contributed by atoms with Gasteiger partial charge in [-0.3, -0.25) is 0 Å². The molecule has 0 fully saturated rings. The van der Waals surface area contributed by atoms with Gasteiger partial charge in [0.1, 0.15) is 5.01 Å². The summed E-state index contributed by atoms with van der Waals surface area (Å²) in [6, 6.07) is 12.1. The van der Waals surface area contributed by atoms with Crippen LogP contribution in [0.1, 0.15) is 16.1 Å². The van der Waals surface area contributed by atoms with Gasteiger partial charge < -0.3 is 9.84 Å². The third-order valence-electron chi connectivity index (χ3n) is 3.56. The summed E-state index contributed by atoms with van der Waals surface area (Å²) in [4.78, 5) is 4.66. The van der Waals surface area contributed by atoms with Crippen molar-refractivity contribution in [3.05, 3.63) is 61.5 Å². The number of methoxy groups -OCH3 is 1. The monoisotopic (exact) mass is 449 g/mol. The number of halogens is 1. The van der Waals surface area contributed by atoms with E-state index in [0.717, 1.165) is 25.4 Å². The van der Waals surface area contributed by atoms with Crippen molar-refractivity contribution >= 4 is 46.1 Å². The van der Waals surface area contributed by atoms with Gasteiger partial charge in [0.15, 0.2) is 11.5 Å². The molecule has 1 aromatic heterocycles. The Bertz CT molecular complexity index is 885. The van der Waals surface area contributed by atoms with Crippen LogP contribution in [0.15, 0.2) is 41.8 Å². The molecular weight excluding hydrogens is 433 g/mol. The third-order valence-corrected chi connectivity index (χ3v) is 5.19. The van der Waals surface area contributed by atoms with Crippen LogP contribution in [0.5, 0.6) is 11.5 Å². The molecule has 1 heterocycles. The lowest BCUT2D eigenvalue weighted by Gasteiger charge is -2.06. The number of aryl methyl sites for hydroxylation is 1. The minimum Gasteiger partial charge on any atom is -0.504 e. The maximum Gasteiger partial charge on any atom is 0.171 e. The first kappa shape index (κ1) is 17.0. The predicted molar refractivity (Wildman–Crippen MR) is 109 cm³/mol. The number of phenols is 1. The molecule has 3 nitrogen and oxygen atoms in total. The van der Waals surface area contributed by atoms with Crippen molar-refractivity contribution in [1.82, 2.24) is 4.98 Å². The molecule has 0 unspecified atom stereocenters. The van der Waals surface area contributed by atoms with Crippen molar-refractivity contribution in [2.75, 3.05) is 7.11 Å². The Morgan fingerprint density at radius 3 is 2.62 bits per heavy atom. The van der Waals surface area contributed by atoms with Crippen LogP contribution >= 0.6 is 33.9 Å². The molecule has 3 aromatic rings. The molecule has 0 saturated carbocycles. The average molecular weight is 449 g/mol. The number of aromatic hydroxyl groups is 1. The van der Waals surface area contributed by atoms with E-state index in [-0.39, 0.29) is 5.75 Å². The molecule has 0 bridgehead atoms. The highest BCUT2D eigenvalue weighted by Crippen LogP contribution is 2.33. The molecule has 0 saturated heterocycles. The summed E-state index contributed by atoms with van der Waals surface area (Å²) in [7, 11) is 1.55. The highest BCUT2D eigenvalue weighted by molar-refractivity contribution is 14.1. The van der Waals surface area contributed by atoms with Gasteiger partial charge in [-0.05, 0) is 53.3 Å². The molecule has 0 spiro atoms. The Morgan fingerprint density at radius 1 is 1.17 bits per heavy atom. The Balaban J connectivity index is 1.83. The summed E-state index contributed by atoms with van der Waals surface area (Å²) in [5.74, 6) is 0.646. The van der Waals surface area contributed by atoms with Crippen LogP contribution in [0.4, 0.5) is 0 Å². The zero-order valence-corrected chi connectivity index (χ0v) is 16.3. The second kappa shape index (κ2) is 7.36. The van der Waals surface area contributed by atoms with Crippen molar-refractivity contribution in [1.29, 1.82) is 0 Å². The van der Waals surface area contributed by atoms with Crippen LogP contribution in [0.25, 0.3) is 23.4 Å². The minimum atomic E-state index is 0.172. The van der Waals surface area contributed by atoms with Crippen LogP contribution in [0, 0.1) is 10.5 Å². The normalized spacial score (nSPS) is 11.1. The summed E-state index contributed by atoms with van der Waals surface area (Å²) in [6.45, 7) is 2.08. The average Bonchev–Trinajstić information content (AvgIpc) is 3.05. The maximum absolute atomic E-state index is 9.89. The number of nitrogens with zero attached hydrogens (tertiary/aromatic N) is 1. The van der Waals surface area contributed by atoms with Gasteiger partial charge in [0.05, 0.1) is 16.4 Å². The lowest BCUT2D eigenvalue weighted by atomic mass is 10.1. The second-order valence-electron chi connectivity index (χ2n) is 5.32. The summed E-state index contributed by atoms with van der Waals surface area (Å²) in [6.07, 6.45) is 3.95. The van der Waals surface area contributed by atoms with E-state index in [1.807, 2.05) is 24.3 Å². The molecule has 1 N–H and O–H groups in total. The van der Waals surface area contributed by atoms with Crippen LogP contribution < -0.4 is 4.74 Å². The Labute approximate surface area is 158 Å². The van der Waals surface area contributed by atoms with Crippen molar-refractivity contribution in [2.45, 2.75) is 6.92 Å². The number of benzene rings is 2. The Morgan fingerprint density at radius 2 is 1.92 bits per heavy atom. The lowest BCUT2D eigenvalue weighted by molar-refractivity contribution is 0.371. The molecule has 24 heavy (non-hydrogen) atoms. The van der Waals surface area contributed by atoms with E-state index >= 15 is 0 Å². The minimum absolute atomic E-state index is 0.172. The fourth-order valence-corrected chi connectivity index (χ4v) is 3.58. The Kier molecular flexibility index (Phi) is 5.20. The summed E-state index contributed by atoms with van der Waals surface area (Å²) >= 11 is 3.70. The molecule has 0 aliphatic rings. The smallest absolute Gasteiger partial charge is 0.171 e. The highest BCUT2D eigenvalue weighted by Gasteiger charge is 2.07. The lowest BCUT2D eigenvalue weighted by Crippen LogP contribution is -1.87. The first-order chi connectivity index (χ1) is 11.6. The number of thiazole rings is 1. The molecule has 122 valence electrons. The zero-order valence-electron chi connectivity index (χ0n) is 13.3. The van der Waals surface area contributed by atoms with Crippen molar-refractivity contribution in [2.24, 2.45) is 0 Å². The van der Waals surface area contributed by atoms with E-state index in [2.05, 4.69) is 64.1 Å². The number of rotatable bonds is 4. The van der Waals surface area contributed by atoms with Gasteiger partial charge in [0, 0.05) is 10.9 Å². The molecule has 5 heteroatoms. The van der Waals surface area contributed by atoms with E-state index in [1.165, 1.54) is 5.56 Å². The molecule has 0 radical (unpaired) electrons. The fraction of sp³-hybridized carbons (Fsp3) is 0.105. The topological polar surface area (TPSA) is 42.4 Å². The molecular formula is C19H16INO2S. The van der Waals surface area contributed by atoms with Crippen LogP contribution in [0.3, 0.4) is 0 Å². The van der Waals surface area contributed by atoms with Crippen LogP contribution in [-0.2, 0) is 0 Å². The summed E-state index contributed by atoms with van der Waals surface area (Å²) in [5, 5.41) is 12.9. The number of aromatic nitrogens is 1. The first-order valence-electron chi connectivity index (χ1n) is 7.34. The van der Waals surface area contributed by atoms with Gasteiger partial charge in [-0.1, -0.05) is 35.9 Å². The summed E-state index contributed by atoms with van der Waals surface area (Å²) in [5.41, 5.74) is 4.31. The Hall–Kier alpha value is -1.86. The number of phenolic OH excluding ortho intramolecular Hbond substituents is 1. The first-order valence-corrected chi connectivity index (χ1v) is 9.30. The second-order valence-corrected chi connectivity index (χ2v) is 7.38. The van der Waals surface area contributed by atoms with E-state index in [9.17, 15) is 5.11 Å². The van der Waals surface area contributed by atoms with E-state index in [1.54, 1.807) is 18.4 Å².